The highest BCUT2D eigenvalue weighted by Gasteiger charge is 2.22. The summed E-state index contributed by atoms with van der Waals surface area (Å²) in [5.41, 5.74) is 0. The number of halogens is 2. The minimum Gasteiger partial charge on any atom is -0.464 e. The number of nitrogens with one attached hydrogen (secondary N) is 1. The van der Waals surface area contributed by atoms with Gasteiger partial charge in [-0.1, -0.05) is 18.7 Å². The Hall–Kier alpha value is -0.590. The van der Waals surface area contributed by atoms with Crippen LogP contribution in [0, 0.1) is 0 Å². The van der Waals surface area contributed by atoms with Crippen LogP contribution in [0.2, 0.25) is 0 Å². The average Bonchev–Trinajstić information content (AvgIpc) is 3.05. The molecular weight excluding hydrogens is 282 g/mol. The lowest BCUT2D eigenvalue weighted by atomic mass is 10.2. The van der Waals surface area contributed by atoms with E-state index in [0.717, 1.165) is 18.8 Å². The van der Waals surface area contributed by atoms with Crippen molar-refractivity contribution in [3.63, 3.8) is 0 Å². The quantitative estimate of drug-likeness (QED) is 0.797. The van der Waals surface area contributed by atoms with Crippen LogP contribution < -0.4 is 5.32 Å². The van der Waals surface area contributed by atoms with Gasteiger partial charge in [0.05, 0.1) is 12.3 Å². The summed E-state index contributed by atoms with van der Waals surface area (Å²) < 4.78 is 29.7. The van der Waals surface area contributed by atoms with Gasteiger partial charge in [-0.3, -0.25) is 4.90 Å². The zero-order valence-corrected chi connectivity index (χ0v) is 12.6. The third-order valence-corrected chi connectivity index (χ3v) is 4.36. The van der Waals surface area contributed by atoms with Crippen molar-refractivity contribution in [3.8, 4) is 0 Å². The smallest absolute Gasteiger partial charge is 0.284 e. The molecule has 0 amide bonds. The van der Waals surface area contributed by atoms with E-state index in [0.29, 0.717) is 30.1 Å². The second kappa shape index (κ2) is 8.00. The molecule has 3 nitrogen and oxygen atoms in total. The standard InChI is InChI=1S/C14H22F2N2OS/c1-2-18-7-3-4-11(18)8-17-9-12-5-6-13(19-12)10-20-14(15)16/h5-6,11,14,17H,2-4,7-10H2,1H3. The molecule has 1 N–H and O–H groups in total. The van der Waals surface area contributed by atoms with Crippen molar-refractivity contribution in [3.05, 3.63) is 23.7 Å². The van der Waals surface area contributed by atoms with Gasteiger partial charge in [0.1, 0.15) is 11.5 Å². The summed E-state index contributed by atoms with van der Waals surface area (Å²) in [5, 5.41) is 3.40. The molecule has 0 aliphatic carbocycles. The molecular formula is C14H22F2N2OS. The molecule has 2 rings (SSSR count). The number of nitrogens with zero attached hydrogens (tertiary/aromatic N) is 1. The highest BCUT2D eigenvalue weighted by atomic mass is 32.2. The highest BCUT2D eigenvalue weighted by Crippen LogP contribution is 2.21. The van der Waals surface area contributed by atoms with Gasteiger partial charge in [-0.05, 0) is 38.1 Å². The average molecular weight is 304 g/mol. The maximum absolute atomic E-state index is 12.1. The molecule has 6 heteroatoms. The largest absolute Gasteiger partial charge is 0.464 e. The predicted octanol–water partition coefficient (Wildman–Crippen LogP) is 3.31. The maximum atomic E-state index is 12.1. The van der Waals surface area contributed by atoms with Gasteiger partial charge in [0, 0.05) is 12.6 Å². The molecule has 2 heterocycles. The number of hydrogen-bond donors (Lipinski definition) is 1. The van der Waals surface area contributed by atoms with Crippen molar-refractivity contribution in [2.75, 3.05) is 19.6 Å². The van der Waals surface area contributed by atoms with Crippen LogP contribution in [0.5, 0.6) is 0 Å². The Balaban J connectivity index is 1.69. The summed E-state index contributed by atoms with van der Waals surface area (Å²) in [5.74, 6) is -0.688. The van der Waals surface area contributed by atoms with Gasteiger partial charge in [0.15, 0.2) is 0 Å². The molecule has 0 saturated carbocycles. The fourth-order valence-electron chi connectivity index (χ4n) is 2.64. The number of rotatable bonds is 8. The predicted molar refractivity (Wildman–Crippen MR) is 78.0 cm³/mol. The first-order valence-electron chi connectivity index (χ1n) is 7.11. The molecule has 1 aliphatic heterocycles. The van der Waals surface area contributed by atoms with Crippen molar-refractivity contribution < 1.29 is 13.2 Å². The molecule has 1 saturated heterocycles. The molecule has 1 fully saturated rings. The molecule has 1 unspecified atom stereocenters. The molecule has 114 valence electrons. The Kier molecular flexibility index (Phi) is 6.32. The van der Waals surface area contributed by atoms with Crippen LogP contribution in [0.25, 0.3) is 0 Å². The number of likely N-dealkylation sites (tertiary alicyclic amines) is 1. The first kappa shape index (κ1) is 15.8. The van der Waals surface area contributed by atoms with Crippen LogP contribution in [0.4, 0.5) is 8.78 Å². The molecule has 1 aromatic heterocycles. The van der Waals surface area contributed by atoms with Gasteiger partial charge < -0.3 is 9.73 Å². The van der Waals surface area contributed by atoms with Gasteiger partial charge in [0.25, 0.3) is 5.76 Å². The molecule has 0 spiro atoms. The van der Waals surface area contributed by atoms with E-state index < -0.39 is 5.76 Å². The van der Waals surface area contributed by atoms with E-state index in [1.807, 2.05) is 6.07 Å². The lowest BCUT2D eigenvalue weighted by molar-refractivity contribution is 0.251. The molecule has 1 aliphatic rings. The van der Waals surface area contributed by atoms with E-state index in [1.165, 1.54) is 19.4 Å². The number of likely N-dealkylation sites (N-methyl/N-ethyl adjacent to an activating group) is 1. The number of thioether (sulfide) groups is 1. The van der Waals surface area contributed by atoms with Gasteiger partial charge in [0.2, 0.25) is 0 Å². The minimum absolute atomic E-state index is 0.226. The minimum atomic E-state index is -2.34. The normalized spacial score (nSPS) is 20.1. The molecule has 1 atom stereocenters. The highest BCUT2D eigenvalue weighted by molar-refractivity contribution is 7.98. The number of alkyl halides is 2. The number of furan rings is 1. The first-order valence-corrected chi connectivity index (χ1v) is 8.16. The molecule has 0 radical (unpaired) electrons. The zero-order valence-electron chi connectivity index (χ0n) is 11.8. The fourth-order valence-corrected chi connectivity index (χ4v) is 3.09. The van der Waals surface area contributed by atoms with Crippen LogP contribution in [0.15, 0.2) is 16.5 Å². The van der Waals surface area contributed by atoms with Crippen molar-refractivity contribution >= 4 is 11.8 Å². The Morgan fingerprint density at radius 2 is 2.25 bits per heavy atom. The van der Waals surface area contributed by atoms with E-state index in [4.69, 9.17) is 4.42 Å². The van der Waals surface area contributed by atoms with Gasteiger partial charge in [-0.2, -0.15) is 8.78 Å². The van der Waals surface area contributed by atoms with Crippen LogP contribution in [-0.4, -0.2) is 36.3 Å². The first-order chi connectivity index (χ1) is 9.69. The van der Waals surface area contributed by atoms with Crippen molar-refractivity contribution in [1.29, 1.82) is 0 Å². The van der Waals surface area contributed by atoms with Crippen molar-refractivity contribution in [2.45, 2.75) is 43.9 Å². The van der Waals surface area contributed by atoms with Crippen LogP contribution in [-0.2, 0) is 12.3 Å². The fraction of sp³-hybridized carbons (Fsp3) is 0.714. The van der Waals surface area contributed by atoms with Crippen LogP contribution in [0.3, 0.4) is 0 Å². The van der Waals surface area contributed by atoms with Crippen LogP contribution in [0.1, 0.15) is 31.3 Å². The second-order valence-corrected chi connectivity index (χ2v) is 5.97. The Bertz CT molecular complexity index is 400. The van der Waals surface area contributed by atoms with Gasteiger partial charge in [-0.25, -0.2) is 0 Å². The van der Waals surface area contributed by atoms with Crippen molar-refractivity contribution in [2.24, 2.45) is 0 Å². The zero-order chi connectivity index (χ0) is 14.4. The molecule has 0 aromatic carbocycles. The summed E-state index contributed by atoms with van der Waals surface area (Å²) in [6.07, 6.45) is 2.52. The Morgan fingerprint density at radius 3 is 3.00 bits per heavy atom. The maximum Gasteiger partial charge on any atom is 0.284 e. The van der Waals surface area contributed by atoms with E-state index in [9.17, 15) is 8.78 Å². The van der Waals surface area contributed by atoms with Crippen LogP contribution >= 0.6 is 11.8 Å². The van der Waals surface area contributed by atoms with E-state index in [1.54, 1.807) is 6.07 Å². The molecule has 0 bridgehead atoms. The van der Waals surface area contributed by atoms with E-state index in [-0.39, 0.29) is 5.75 Å². The summed E-state index contributed by atoms with van der Waals surface area (Å²) in [6, 6.07) is 4.25. The summed E-state index contributed by atoms with van der Waals surface area (Å²) in [4.78, 5) is 2.49. The SMILES string of the molecule is CCN1CCCC1CNCc1ccc(CSC(F)F)o1. The van der Waals surface area contributed by atoms with E-state index in [2.05, 4.69) is 17.1 Å². The lowest BCUT2D eigenvalue weighted by Crippen LogP contribution is -2.37. The van der Waals surface area contributed by atoms with Gasteiger partial charge >= 0.3 is 0 Å². The lowest BCUT2D eigenvalue weighted by Gasteiger charge is -2.22. The second-order valence-electron chi connectivity index (χ2n) is 5.00. The van der Waals surface area contributed by atoms with E-state index >= 15 is 0 Å². The summed E-state index contributed by atoms with van der Waals surface area (Å²) in [7, 11) is 0. The summed E-state index contributed by atoms with van der Waals surface area (Å²) in [6.45, 7) is 6.10. The monoisotopic (exact) mass is 304 g/mol. The Labute approximate surface area is 123 Å². The molecule has 1 aromatic rings. The third-order valence-electron chi connectivity index (χ3n) is 3.65. The summed E-state index contributed by atoms with van der Waals surface area (Å²) >= 11 is 0.591. The van der Waals surface area contributed by atoms with Crippen molar-refractivity contribution in [1.82, 2.24) is 10.2 Å². The third kappa shape index (κ3) is 4.75. The molecule has 20 heavy (non-hydrogen) atoms. The van der Waals surface area contributed by atoms with Gasteiger partial charge in [-0.15, -0.1) is 0 Å². The Morgan fingerprint density at radius 1 is 1.45 bits per heavy atom. The number of hydrogen-bond acceptors (Lipinski definition) is 4. The topological polar surface area (TPSA) is 28.4 Å².